The monoisotopic (exact) mass is 446 g/mol. The minimum Gasteiger partial charge on any atom is -0.444 e. The second-order valence-electron chi connectivity index (χ2n) is 6.68. The Labute approximate surface area is 156 Å². The van der Waals surface area contributed by atoms with Crippen LogP contribution in [0, 0.1) is 0 Å². The van der Waals surface area contributed by atoms with Gasteiger partial charge < -0.3 is 20.7 Å². The van der Waals surface area contributed by atoms with Crippen molar-refractivity contribution in [2.45, 2.75) is 59.1 Å². The molecule has 0 aromatic carbocycles. The molecule has 0 aliphatic carbocycles. The van der Waals surface area contributed by atoms with E-state index < -0.39 is 17.2 Å². The molecule has 0 aromatic heterocycles. The molecular weight excluding hydrogens is 414 g/mol. The molecule has 0 aliphatic heterocycles. The van der Waals surface area contributed by atoms with Crippen molar-refractivity contribution in [1.82, 2.24) is 16.0 Å². The van der Waals surface area contributed by atoms with Gasteiger partial charge in [-0.15, -0.1) is 24.0 Å². The summed E-state index contributed by atoms with van der Waals surface area (Å²) in [5.41, 5.74) is -1.09. The van der Waals surface area contributed by atoms with Gasteiger partial charge in [0.05, 0.1) is 18.8 Å². The van der Waals surface area contributed by atoms with Gasteiger partial charge in [0, 0.05) is 13.1 Å². The van der Waals surface area contributed by atoms with E-state index in [4.69, 9.17) is 4.74 Å². The third-order valence-corrected chi connectivity index (χ3v) is 2.42. The van der Waals surface area contributed by atoms with Gasteiger partial charge in [-0.3, -0.25) is 9.38 Å². The zero-order valence-corrected chi connectivity index (χ0v) is 17.4. The van der Waals surface area contributed by atoms with E-state index in [0.717, 1.165) is 0 Å². The molecule has 0 radical (unpaired) electrons. The molecule has 0 saturated carbocycles. The second-order valence-corrected chi connectivity index (χ2v) is 6.68. The van der Waals surface area contributed by atoms with Crippen LogP contribution < -0.4 is 16.0 Å². The summed E-state index contributed by atoms with van der Waals surface area (Å²) in [6, 6.07) is 0. The maximum Gasteiger partial charge on any atom is 0.408 e. The Bertz CT molecular complexity index is 371. The van der Waals surface area contributed by atoms with Crippen LogP contribution in [-0.4, -0.2) is 49.5 Å². The minimum absolute atomic E-state index is 0. The van der Waals surface area contributed by atoms with Gasteiger partial charge in [0.25, 0.3) is 0 Å². The lowest BCUT2D eigenvalue weighted by Gasteiger charge is -2.27. The number of aliphatic imine (C=N–C) groups is 1. The lowest BCUT2D eigenvalue weighted by atomic mass is 10.1. The molecule has 0 aromatic rings. The van der Waals surface area contributed by atoms with Crippen LogP contribution in [-0.2, 0) is 4.74 Å². The van der Waals surface area contributed by atoms with Gasteiger partial charge in [0.1, 0.15) is 5.60 Å². The SMILES string of the molecule is CCNC(=NCC(C)(C)NC(=O)OC(C)(C)C)NCCCF.I. The van der Waals surface area contributed by atoms with E-state index in [1.54, 1.807) is 0 Å². The Morgan fingerprint density at radius 2 is 1.78 bits per heavy atom. The molecule has 23 heavy (non-hydrogen) atoms. The largest absolute Gasteiger partial charge is 0.444 e. The molecule has 0 saturated heterocycles. The van der Waals surface area contributed by atoms with Crippen molar-refractivity contribution in [3.05, 3.63) is 0 Å². The third-order valence-electron chi connectivity index (χ3n) is 2.42. The van der Waals surface area contributed by atoms with Gasteiger partial charge in [-0.2, -0.15) is 0 Å². The summed E-state index contributed by atoms with van der Waals surface area (Å²) in [5, 5.41) is 8.91. The zero-order valence-electron chi connectivity index (χ0n) is 15.1. The number of alkyl carbamates (subject to hydrolysis) is 1. The van der Waals surface area contributed by atoms with Crippen molar-refractivity contribution in [1.29, 1.82) is 0 Å². The van der Waals surface area contributed by atoms with E-state index in [0.29, 0.717) is 32.0 Å². The van der Waals surface area contributed by atoms with E-state index in [2.05, 4.69) is 20.9 Å². The van der Waals surface area contributed by atoms with Crippen molar-refractivity contribution in [3.8, 4) is 0 Å². The topological polar surface area (TPSA) is 74.8 Å². The fraction of sp³-hybridized carbons (Fsp3) is 0.867. The highest BCUT2D eigenvalue weighted by Crippen LogP contribution is 2.09. The standard InChI is InChI=1S/C15H31FN4O2.HI/c1-7-17-12(18-10-8-9-16)19-11-15(5,6)20-13(21)22-14(2,3)4;/h7-11H2,1-6H3,(H,20,21)(H2,17,18,19);1H. The Balaban J connectivity index is 0. The molecule has 8 heteroatoms. The number of hydrogen-bond donors (Lipinski definition) is 3. The van der Waals surface area contributed by atoms with Crippen molar-refractivity contribution in [2.75, 3.05) is 26.3 Å². The summed E-state index contributed by atoms with van der Waals surface area (Å²) in [6.45, 7) is 12.4. The average molecular weight is 446 g/mol. The Hall–Kier alpha value is -0.800. The molecule has 0 spiro atoms. The van der Waals surface area contributed by atoms with E-state index in [9.17, 15) is 9.18 Å². The summed E-state index contributed by atoms with van der Waals surface area (Å²) in [5.74, 6) is 0.606. The maximum atomic E-state index is 12.1. The van der Waals surface area contributed by atoms with Crippen molar-refractivity contribution in [2.24, 2.45) is 4.99 Å². The van der Waals surface area contributed by atoms with Crippen LogP contribution in [0.5, 0.6) is 0 Å². The van der Waals surface area contributed by atoms with Gasteiger partial charge in [-0.05, 0) is 48.0 Å². The minimum atomic E-state index is -0.551. The Morgan fingerprint density at radius 3 is 2.26 bits per heavy atom. The first-order valence-electron chi connectivity index (χ1n) is 7.69. The number of hydrogen-bond acceptors (Lipinski definition) is 3. The van der Waals surface area contributed by atoms with Crippen LogP contribution in [0.3, 0.4) is 0 Å². The van der Waals surface area contributed by atoms with Crippen molar-refractivity contribution in [3.63, 3.8) is 0 Å². The number of alkyl halides is 1. The number of amides is 1. The summed E-state index contributed by atoms with van der Waals surface area (Å²) >= 11 is 0. The highest BCUT2D eigenvalue weighted by atomic mass is 127. The first kappa shape index (κ1) is 24.5. The molecule has 0 fully saturated rings. The van der Waals surface area contributed by atoms with Crippen LogP contribution in [0.15, 0.2) is 4.99 Å². The normalized spacial score (nSPS) is 12.2. The Kier molecular flexibility index (Phi) is 12.4. The predicted octanol–water partition coefficient (Wildman–Crippen LogP) is 2.82. The molecule has 0 heterocycles. The molecule has 0 unspecified atom stereocenters. The second kappa shape index (κ2) is 11.7. The van der Waals surface area contributed by atoms with Gasteiger partial charge in [-0.25, -0.2) is 4.79 Å². The van der Waals surface area contributed by atoms with E-state index >= 15 is 0 Å². The number of carbonyl (C=O) groups is 1. The lowest BCUT2D eigenvalue weighted by molar-refractivity contribution is 0.0476. The number of rotatable bonds is 7. The molecule has 0 aliphatic rings. The van der Waals surface area contributed by atoms with Crippen LogP contribution >= 0.6 is 24.0 Å². The fourth-order valence-electron chi connectivity index (χ4n) is 1.51. The number of carbonyl (C=O) groups excluding carboxylic acids is 1. The lowest BCUT2D eigenvalue weighted by Crippen LogP contribution is -2.49. The van der Waals surface area contributed by atoms with E-state index in [-0.39, 0.29) is 30.7 Å². The molecular formula is C15H32FIN4O2. The number of nitrogens with one attached hydrogen (secondary N) is 3. The highest BCUT2D eigenvalue weighted by Gasteiger charge is 2.24. The van der Waals surface area contributed by atoms with Gasteiger partial charge in [-0.1, -0.05) is 0 Å². The van der Waals surface area contributed by atoms with Crippen LogP contribution in [0.1, 0.15) is 48.0 Å². The summed E-state index contributed by atoms with van der Waals surface area (Å²) < 4.78 is 17.4. The van der Waals surface area contributed by atoms with E-state index in [1.165, 1.54) is 0 Å². The average Bonchev–Trinajstić information content (AvgIpc) is 2.33. The third kappa shape index (κ3) is 14.5. The van der Waals surface area contributed by atoms with Crippen molar-refractivity contribution < 1.29 is 13.9 Å². The number of nitrogens with zero attached hydrogens (tertiary/aromatic N) is 1. The quantitative estimate of drug-likeness (QED) is 0.243. The highest BCUT2D eigenvalue weighted by molar-refractivity contribution is 14.0. The van der Waals surface area contributed by atoms with Crippen LogP contribution in [0.4, 0.5) is 9.18 Å². The van der Waals surface area contributed by atoms with Gasteiger partial charge in [0.15, 0.2) is 5.96 Å². The molecule has 0 rings (SSSR count). The maximum absolute atomic E-state index is 12.1. The molecule has 0 atom stereocenters. The Morgan fingerprint density at radius 1 is 1.17 bits per heavy atom. The van der Waals surface area contributed by atoms with Crippen molar-refractivity contribution >= 4 is 36.0 Å². The smallest absolute Gasteiger partial charge is 0.408 e. The molecule has 6 nitrogen and oxygen atoms in total. The molecule has 3 N–H and O–H groups in total. The van der Waals surface area contributed by atoms with E-state index in [1.807, 2.05) is 41.5 Å². The number of guanidine groups is 1. The fourth-order valence-corrected chi connectivity index (χ4v) is 1.51. The first-order valence-corrected chi connectivity index (χ1v) is 7.69. The van der Waals surface area contributed by atoms with Gasteiger partial charge >= 0.3 is 6.09 Å². The predicted molar refractivity (Wildman–Crippen MR) is 103 cm³/mol. The summed E-state index contributed by atoms with van der Waals surface area (Å²) in [4.78, 5) is 16.2. The zero-order chi connectivity index (χ0) is 17.2. The summed E-state index contributed by atoms with van der Waals surface area (Å²) in [7, 11) is 0. The molecule has 0 bridgehead atoms. The van der Waals surface area contributed by atoms with Crippen LogP contribution in [0.25, 0.3) is 0 Å². The van der Waals surface area contributed by atoms with Gasteiger partial charge in [0.2, 0.25) is 0 Å². The first-order chi connectivity index (χ1) is 10.1. The van der Waals surface area contributed by atoms with Crippen LogP contribution in [0.2, 0.25) is 0 Å². The summed E-state index contributed by atoms with van der Waals surface area (Å²) in [6.07, 6.45) is -0.0349. The number of ether oxygens (including phenoxy) is 1. The molecule has 138 valence electrons. The number of halogens is 2. The molecule has 1 amide bonds.